The molecule has 5 nitrogen and oxygen atoms in total. The predicted octanol–water partition coefficient (Wildman–Crippen LogP) is 2.93. The monoisotopic (exact) mass is 339 g/mol. The van der Waals surface area contributed by atoms with Crippen LogP contribution in [0.3, 0.4) is 0 Å². The highest BCUT2D eigenvalue weighted by atomic mass is 16.5. The summed E-state index contributed by atoms with van der Waals surface area (Å²) in [5, 5.41) is 0. The lowest BCUT2D eigenvalue weighted by atomic mass is 9.73. The highest BCUT2D eigenvalue weighted by Crippen LogP contribution is 2.41. The zero-order chi connectivity index (χ0) is 17.0. The van der Waals surface area contributed by atoms with Crippen molar-refractivity contribution in [2.45, 2.75) is 31.9 Å². The fourth-order valence-corrected chi connectivity index (χ4v) is 4.13. The molecule has 2 aromatic rings. The van der Waals surface area contributed by atoms with Gasteiger partial charge in [0.05, 0.1) is 18.9 Å². The van der Waals surface area contributed by atoms with Gasteiger partial charge in [-0.3, -0.25) is 14.9 Å². The van der Waals surface area contributed by atoms with Crippen molar-refractivity contribution in [1.29, 1.82) is 0 Å². The van der Waals surface area contributed by atoms with Gasteiger partial charge >= 0.3 is 0 Å². The minimum absolute atomic E-state index is 0.0688. The summed E-state index contributed by atoms with van der Waals surface area (Å²) in [5.41, 5.74) is 1.38. The molecule has 2 atom stereocenters. The summed E-state index contributed by atoms with van der Waals surface area (Å²) in [4.78, 5) is 10.8. The van der Waals surface area contributed by atoms with E-state index in [0.29, 0.717) is 12.7 Å². The molecule has 0 spiro atoms. The van der Waals surface area contributed by atoms with Crippen molar-refractivity contribution in [3.05, 3.63) is 54.6 Å². The SMILES string of the molecule is c1cncc(OCC23CCCOC2CCN(Cc2ccncc2)C3)c1. The molecule has 4 rings (SSSR count). The van der Waals surface area contributed by atoms with Gasteiger partial charge < -0.3 is 9.47 Å². The van der Waals surface area contributed by atoms with Crippen LogP contribution in [0.15, 0.2) is 49.1 Å². The summed E-state index contributed by atoms with van der Waals surface area (Å²) < 4.78 is 12.3. The number of piperidine rings is 1. The smallest absolute Gasteiger partial charge is 0.137 e. The van der Waals surface area contributed by atoms with Crippen LogP contribution in [0.1, 0.15) is 24.8 Å². The third kappa shape index (κ3) is 3.83. The van der Waals surface area contributed by atoms with Crippen LogP contribution in [0.2, 0.25) is 0 Å². The maximum absolute atomic E-state index is 6.14. The van der Waals surface area contributed by atoms with Crippen molar-refractivity contribution in [3.63, 3.8) is 0 Å². The van der Waals surface area contributed by atoms with Gasteiger partial charge in [0, 0.05) is 50.2 Å². The molecule has 5 heteroatoms. The van der Waals surface area contributed by atoms with Crippen LogP contribution in [-0.2, 0) is 11.3 Å². The molecule has 0 radical (unpaired) electrons. The van der Waals surface area contributed by atoms with E-state index < -0.39 is 0 Å². The van der Waals surface area contributed by atoms with Crippen LogP contribution in [0.4, 0.5) is 0 Å². The Morgan fingerprint density at radius 1 is 1.20 bits per heavy atom. The number of fused-ring (bicyclic) bond motifs is 1. The average Bonchev–Trinajstić information content (AvgIpc) is 2.68. The lowest BCUT2D eigenvalue weighted by Gasteiger charge is -2.50. The molecule has 0 aliphatic carbocycles. The first-order valence-corrected chi connectivity index (χ1v) is 9.10. The van der Waals surface area contributed by atoms with Crippen molar-refractivity contribution in [3.8, 4) is 5.75 Å². The van der Waals surface area contributed by atoms with Crippen LogP contribution < -0.4 is 4.74 Å². The van der Waals surface area contributed by atoms with E-state index in [1.54, 1.807) is 12.4 Å². The number of nitrogens with zero attached hydrogens (tertiary/aromatic N) is 3. The molecule has 0 aromatic carbocycles. The van der Waals surface area contributed by atoms with Crippen LogP contribution in [0, 0.1) is 5.41 Å². The molecule has 0 bridgehead atoms. The van der Waals surface area contributed by atoms with Gasteiger partial charge in [-0.15, -0.1) is 0 Å². The molecule has 2 aliphatic heterocycles. The summed E-state index contributed by atoms with van der Waals surface area (Å²) in [6, 6.07) is 8.09. The summed E-state index contributed by atoms with van der Waals surface area (Å²) in [5.74, 6) is 0.840. The molecule has 0 N–H and O–H groups in total. The number of rotatable bonds is 5. The van der Waals surface area contributed by atoms with Crippen LogP contribution in [0.5, 0.6) is 5.75 Å². The van der Waals surface area contributed by atoms with Gasteiger partial charge in [-0.1, -0.05) is 0 Å². The van der Waals surface area contributed by atoms with Crippen molar-refractivity contribution in [2.24, 2.45) is 5.41 Å². The van der Waals surface area contributed by atoms with E-state index in [9.17, 15) is 0 Å². The van der Waals surface area contributed by atoms with E-state index in [0.717, 1.165) is 51.3 Å². The molecule has 2 unspecified atom stereocenters. The molecular formula is C20H25N3O2. The number of aromatic nitrogens is 2. The molecule has 2 aliphatic rings. The molecule has 132 valence electrons. The van der Waals surface area contributed by atoms with E-state index in [4.69, 9.17) is 9.47 Å². The third-order valence-corrected chi connectivity index (χ3v) is 5.38. The molecule has 0 amide bonds. The van der Waals surface area contributed by atoms with Gasteiger partial charge in [0.25, 0.3) is 0 Å². The fraction of sp³-hybridized carbons (Fsp3) is 0.500. The standard InChI is InChI=1S/C20H25N3O2/c1-3-18(13-22-8-1)25-16-20-7-2-12-24-19(20)6-11-23(15-20)14-17-4-9-21-10-5-17/h1,3-5,8-10,13,19H,2,6-7,11-12,14-16H2. The lowest BCUT2D eigenvalue weighted by Crippen LogP contribution is -2.57. The third-order valence-electron chi connectivity index (χ3n) is 5.38. The minimum atomic E-state index is 0.0688. The molecule has 2 fully saturated rings. The average molecular weight is 339 g/mol. The Kier molecular flexibility index (Phi) is 4.95. The van der Waals surface area contributed by atoms with Gasteiger partial charge in [-0.2, -0.15) is 0 Å². The topological polar surface area (TPSA) is 47.5 Å². The Morgan fingerprint density at radius 3 is 2.96 bits per heavy atom. The summed E-state index contributed by atoms with van der Waals surface area (Å²) in [7, 11) is 0. The van der Waals surface area contributed by atoms with E-state index in [1.165, 1.54) is 5.56 Å². The van der Waals surface area contributed by atoms with Crippen LogP contribution in [-0.4, -0.2) is 47.3 Å². The zero-order valence-corrected chi connectivity index (χ0v) is 14.5. The molecule has 2 saturated heterocycles. The van der Waals surface area contributed by atoms with Crippen LogP contribution in [0.25, 0.3) is 0 Å². The Hall–Kier alpha value is -1.98. The van der Waals surface area contributed by atoms with E-state index in [1.807, 2.05) is 24.5 Å². The highest BCUT2D eigenvalue weighted by Gasteiger charge is 2.46. The molecule has 4 heterocycles. The zero-order valence-electron chi connectivity index (χ0n) is 14.5. The first kappa shape index (κ1) is 16.5. The summed E-state index contributed by atoms with van der Waals surface area (Å²) >= 11 is 0. The Labute approximate surface area is 149 Å². The molecule has 2 aromatic heterocycles. The first-order chi connectivity index (χ1) is 12.3. The Morgan fingerprint density at radius 2 is 2.12 bits per heavy atom. The van der Waals surface area contributed by atoms with Gasteiger partial charge in [-0.05, 0) is 49.1 Å². The van der Waals surface area contributed by atoms with E-state index in [2.05, 4.69) is 27.0 Å². The number of hydrogen-bond donors (Lipinski definition) is 0. The maximum Gasteiger partial charge on any atom is 0.137 e. The maximum atomic E-state index is 6.14. The first-order valence-electron chi connectivity index (χ1n) is 9.10. The Bertz CT molecular complexity index is 667. The van der Waals surface area contributed by atoms with Crippen molar-refractivity contribution < 1.29 is 9.47 Å². The van der Waals surface area contributed by atoms with Gasteiger partial charge in [0.15, 0.2) is 0 Å². The van der Waals surface area contributed by atoms with Crippen molar-refractivity contribution >= 4 is 0 Å². The fourth-order valence-electron chi connectivity index (χ4n) is 4.13. The largest absolute Gasteiger partial charge is 0.491 e. The summed E-state index contributed by atoms with van der Waals surface area (Å²) in [6.07, 6.45) is 10.9. The minimum Gasteiger partial charge on any atom is -0.491 e. The van der Waals surface area contributed by atoms with Gasteiger partial charge in [0.2, 0.25) is 0 Å². The number of hydrogen-bond acceptors (Lipinski definition) is 5. The van der Waals surface area contributed by atoms with Gasteiger partial charge in [0.1, 0.15) is 5.75 Å². The second-order valence-corrected chi connectivity index (χ2v) is 7.16. The molecular weight excluding hydrogens is 314 g/mol. The summed E-state index contributed by atoms with van der Waals surface area (Å²) in [6.45, 7) is 4.62. The number of likely N-dealkylation sites (tertiary alicyclic amines) is 1. The molecule has 0 saturated carbocycles. The quantitative estimate of drug-likeness (QED) is 0.838. The molecule has 25 heavy (non-hydrogen) atoms. The van der Waals surface area contributed by atoms with Crippen LogP contribution >= 0.6 is 0 Å². The van der Waals surface area contributed by atoms with Crippen molar-refractivity contribution in [1.82, 2.24) is 14.9 Å². The number of ether oxygens (including phenoxy) is 2. The number of pyridine rings is 2. The van der Waals surface area contributed by atoms with Gasteiger partial charge in [-0.25, -0.2) is 0 Å². The normalized spacial score (nSPS) is 26.8. The second-order valence-electron chi connectivity index (χ2n) is 7.16. The second kappa shape index (κ2) is 7.50. The van der Waals surface area contributed by atoms with E-state index in [-0.39, 0.29) is 5.41 Å². The predicted molar refractivity (Wildman–Crippen MR) is 95.3 cm³/mol. The highest BCUT2D eigenvalue weighted by molar-refractivity contribution is 5.16. The van der Waals surface area contributed by atoms with E-state index >= 15 is 0 Å². The Balaban J connectivity index is 1.47. The lowest BCUT2D eigenvalue weighted by molar-refractivity contribution is -0.140. The van der Waals surface area contributed by atoms with Crippen molar-refractivity contribution in [2.75, 3.05) is 26.3 Å².